The minimum Gasteiger partial charge on any atom is -0.365 e. The van der Waals surface area contributed by atoms with Gasteiger partial charge in [0.15, 0.2) is 5.69 Å². The maximum Gasteiger partial charge on any atom is 0.158 e. The van der Waals surface area contributed by atoms with Gasteiger partial charge in [0.2, 0.25) is 0 Å². The zero-order valence-corrected chi connectivity index (χ0v) is 8.07. The minimum absolute atomic E-state index is 0.206. The van der Waals surface area contributed by atoms with Gasteiger partial charge in [-0.15, -0.1) is 0 Å². The summed E-state index contributed by atoms with van der Waals surface area (Å²) in [6.45, 7) is 2.60. The van der Waals surface area contributed by atoms with Crippen LogP contribution in [0.1, 0.15) is 19.0 Å². The van der Waals surface area contributed by atoms with Crippen LogP contribution in [0.25, 0.3) is 0 Å². The molecule has 1 heterocycles. The Kier molecular flexibility index (Phi) is 3.83. The van der Waals surface area contributed by atoms with Crippen molar-refractivity contribution in [2.24, 2.45) is 5.73 Å². The normalized spacial score (nSPS) is 11.8. The van der Waals surface area contributed by atoms with Crippen molar-refractivity contribution in [2.75, 3.05) is 11.9 Å². The van der Waals surface area contributed by atoms with Gasteiger partial charge < -0.3 is 11.1 Å². The quantitative estimate of drug-likeness (QED) is 0.723. The zero-order chi connectivity index (χ0) is 10.4. The van der Waals surface area contributed by atoms with Crippen LogP contribution in [0, 0.1) is 11.3 Å². The third kappa shape index (κ3) is 2.68. The molecule has 0 saturated carbocycles. The Hall–Kier alpha value is -1.67. The first-order valence-corrected chi connectivity index (χ1v) is 4.49. The fourth-order valence-corrected chi connectivity index (χ4v) is 0.997. The van der Waals surface area contributed by atoms with E-state index in [-0.39, 0.29) is 6.04 Å². The van der Waals surface area contributed by atoms with Crippen molar-refractivity contribution in [1.82, 2.24) is 9.97 Å². The second-order valence-corrected chi connectivity index (χ2v) is 2.88. The Morgan fingerprint density at radius 3 is 2.79 bits per heavy atom. The molecule has 0 aromatic carbocycles. The lowest BCUT2D eigenvalue weighted by molar-refractivity contribution is 0.699. The molecule has 0 aliphatic heterocycles. The Labute approximate surface area is 83.0 Å². The van der Waals surface area contributed by atoms with Gasteiger partial charge in [-0.2, -0.15) is 5.26 Å². The van der Waals surface area contributed by atoms with Gasteiger partial charge in [0.1, 0.15) is 11.9 Å². The molecule has 14 heavy (non-hydrogen) atoms. The number of nitrogens with one attached hydrogen (secondary N) is 1. The van der Waals surface area contributed by atoms with E-state index in [4.69, 9.17) is 11.0 Å². The summed E-state index contributed by atoms with van der Waals surface area (Å²) in [5.41, 5.74) is 5.84. The molecule has 5 nitrogen and oxygen atoms in total. The van der Waals surface area contributed by atoms with Gasteiger partial charge in [0.05, 0.1) is 12.4 Å². The lowest BCUT2D eigenvalue weighted by Gasteiger charge is -2.14. The molecule has 74 valence electrons. The summed E-state index contributed by atoms with van der Waals surface area (Å²) in [4.78, 5) is 7.93. The number of aromatic nitrogens is 2. The molecule has 0 saturated heterocycles. The molecule has 3 N–H and O–H groups in total. The number of nitriles is 1. The van der Waals surface area contributed by atoms with E-state index in [1.54, 1.807) is 0 Å². The summed E-state index contributed by atoms with van der Waals surface area (Å²) in [6.07, 6.45) is 3.90. The van der Waals surface area contributed by atoms with Crippen LogP contribution in [-0.2, 0) is 0 Å². The Morgan fingerprint density at radius 1 is 1.57 bits per heavy atom. The van der Waals surface area contributed by atoms with E-state index in [0.29, 0.717) is 18.1 Å². The Bertz CT molecular complexity index is 309. The van der Waals surface area contributed by atoms with E-state index in [1.807, 2.05) is 13.0 Å². The predicted octanol–water partition coefficient (Wildman–Crippen LogP) is 0.497. The van der Waals surface area contributed by atoms with Crippen molar-refractivity contribution in [3.63, 3.8) is 0 Å². The molecular weight excluding hydrogens is 178 g/mol. The van der Waals surface area contributed by atoms with Crippen molar-refractivity contribution in [2.45, 2.75) is 19.4 Å². The number of hydrogen-bond donors (Lipinski definition) is 2. The maximum atomic E-state index is 8.51. The Morgan fingerprint density at radius 2 is 2.36 bits per heavy atom. The lowest BCUT2D eigenvalue weighted by atomic mass is 10.2. The molecule has 0 bridgehead atoms. The summed E-state index contributed by atoms with van der Waals surface area (Å²) in [6, 6.07) is 2.12. The van der Waals surface area contributed by atoms with E-state index in [0.717, 1.165) is 6.42 Å². The SMILES string of the molecule is CCC(CN)Nc1cnc(C#N)cn1. The number of hydrogen-bond acceptors (Lipinski definition) is 5. The molecule has 0 radical (unpaired) electrons. The fourth-order valence-electron chi connectivity index (χ4n) is 0.997. The summed E-state index contributed by atoms with van der Waals surface area (Å²) in [5.74, 6) is 0.654. The van der Waals surface area contributed by atoms with Crippen molar-refractivity contribution < 1.29 is 0 Å². The van der Waals surface area contributed by atoms with Crippen molar-refractivity contribution >= 4 is 5.82 Å². The first-order chi connectivity index (χ1) is 6.80. The van der Waals surface area contributed by atoms with Gasteiger partial charge in [-0.05, 0) is 6.42 Å². The molecule has 0 amide bonds. The second kappa shape index (κ2) is 5.14. The first kappa shape index (κ1) is 10.4. The van der Waals surface area contributed by atoms with Crippen LogP contribution < -0.4 is 11.1 Å². The van der Waals surface area contributed by atoms with Crippen molar-refractivity contribution in [1.29, 1.82) is 5.26 Å². The van der Waals surface area contributed by atoms with Crippen LogP contribution in [0.5, 0.6) is 0 Å². The number of nitrogens with two attached hydrogens (primary N) is 1. The summed E-state index contributed by atoms with van der Waals surface area (Å²) in [7, 11) is 0. The van der Waals surface area contributed by atoms with Gasteiger partial charge in [0, 0.05) is 12.6 Å². The molecule has 1 rings (SSSR count). The molecule has 5 heteroatoms. The largest absolute Gasteiger partial charge is 0.365 e. The monoisotopic (exact) mass is 191 g/mol. The van der Waals surface area contributed by atoms with Gasteiger partial charge in [-0.25, -0.2) is 9.97 Å². The van der Waals surface area contributed by atoms with Crippen LogP contribution in [0.3, 0.4) is 0 Å². The first-order valence-electron chi connectivity index (χ1n) is 4.49. The summed E-state index contributed by atoms with van der Waals surface area (Å²) < 4.78 is 0. The standard InChI is InChI=1S/C9H13N5/c1-2-7(3-10)14-9-6-12-8(4-11)5-13-9/h5-7H,2-3,10H2,1H3,(H,13,14). The molecule has 0 aliphatic rings. The van der Waals surface area contributed by atoms with Crippen molar-refractivity contribution in [3.05, 3.63) is 18.1 Å². The summed E-state index contributed by atoms with van der Waals surface area (Å²) >= 11 is 0. The third-order valence-electron chi connectivity index (χ3n) is 1.90. The molecule has 1 aromatic heterocycles. The highest BCUT2D eigenvalue weighted by Gasteiger charge is 2.03. The second-order valence-electron chi connectivity index (χ2n) is 2.88. The molecule has 1 aromatic rings. The highest BCUT2D eigenvalue weighted by atomic mass is 15.0. The van der Waals surface area contributed by atoms with Gasteiger partial charge >= 0.3 is 0 Å². The average Bonchev–Trinajstić information content (AvgIpc) is 2.26. The van der Waals surface area contributed by atoms with E-state index in [2.05, 4.69) is 15.3 Å². The Balaban J connectivity index is 2.64. The van der Waals surface area contributed by atoms with Gasteiger partial charge in [-0.1, -0.05) is 6.92 Å². The highest BCUT2D eigenvalue weighted by Crippen LogP contribution is 2.03. The van der Waals surface area contributed by atoms with E-state index in [1.165, 1.54) is 12.4 Å². The van der Waals surface area contributed by atoms with Gasteiger partial charge in [0.25, 0.3) is 0 Å². The smallest absolute Gasteiger partial charge is 0.158 e. The topological polar surface area (TPSA) is 87.6 Å². The molecule has 1 atom stereocenters. The third-order valence-corrected chi connectivity index (χ3v) is 1.90. The fraction of sp³-hybridized carbons (Fsp3) is 0.444. The predicted molar refractivity (Wildman–Crippen MR) is 53.5 cm³/mol. The molecule has 0 spiro atoms. The van der Waals surface area contributed by atoms with Crippen LogP contribution in [0.2, 0.25) is 0 Å². The van der Waals surface area contributed by atoms with E-state index >= 15 is 0 Å². The molecule has 0 aliphatic carbocycles. The highest BCUT2D eigenvalue weighted by molar-refractivity contribution is 5.34. The van der Waals surface area contributed by atoms with Gasteiger partial charge in [-0.3, -0.25) is 0 Å². The van der Waals surface area contributed by atoms with Crippen LogP contribution in [0.4, 0.5) is 5.82 Å². The van der Waals surface area contributed by atoms with Crippen LogP contribution >= 0.6 is 0 Å². The summed E-state index contributed by atoms with van der Waals surface area (Å²) in [5, 5.41) is 11.6. The number of rotatable bonds is 4. The minimum atomic E-state index is 0.206. The molecule has 1 unspecified atom stereocenters. The number of anilines is 1. The lowest BCUT2D eigenvalue weighted by Crippen LogP contribution is -2.28. The average molecular weight is 191 g/mol. The zero-order valence-electron chi connectivity index (χ0n) is 8.07. The van der Waals surface area contributed by atoms with E-state index < -0.39 is 0 Å². The van der Waals surface area contributed by atoms with Crippen LogP contribution in [-0.4, -0.2) is 22.6 Å². The van der Waals surface area contributed by atoms with Crippen molar-refractivity contribution in [3.8, 4) is 6.07 Å². The molecule has 0 fully saturated rings. The number of nitrogens with zero attached hydrogens (tertiary/aromatic N) is 3. The molecular formula is C9H13N5. The van der Waals surface area contributed by atoms with E-state index in [9.17, 15) is 0 Å². The maximum absolute atomic E-state index is 8.51. The van der Waals surface area contributed by atoms with Crippen LogP contribution in [0.15, 0.2) is 12.4 Å².